The maximum Gasteiger partial charge on any atom is 0.126 e. The number of rotatable bonds is 3. The molecule has 0 fully saturated rings. The molecule has 14 rings (SSSR count). The molecule has 0 saturated heterocycles. The third-order valence-corrected chi connectivity index (χ3v) is 15.3. The number of hydrogen-bond acceptors (Lipinski definition) is 2. The van der Waals surface area contributed by atoms with Crippen LogP contribution < -0.4 is 4.74 Å². The summed E-state index contributed by atoms with van der Waals surface area (Å²) in [5.41, 5.74) is 17.7. The highest BCUT2D eigenvalue weighted by Crippen LogP contribution is 2.63. The third kappa shape index (κ3) is 5.05. The van der Waals surface area contributed by atoms with Gasteiger partial charge in [0, 0.05) is 34.2 Å². The summed E-state index contributed by atoms with van der Waals surface area (Å²) in [6.45, 7) is 0. The Hall–Kier alpha value is -7.55. The lowest BCUT2D eigenvalue weighted by Gasteiger charge is -2.49. The summed E-state index contributed by atoms with van der Waals surface area (Å²) in [4.78, 5) is 5.53. The van der Waals surface area contributed by atoms with Crippen molar-refractivity contribution < 1.29 is 4.74 Å². The van der Waals surface area contributed by atoms with Crippen molar-refractivity contribution in [3.8, 4) is 16.9 Å². The second kappa shape index (κ2) is 13.7. The summed E-state index contributed by atoms with van der Waals surface area (Å²) >= 11 is 0. The number of fused-ring (bicyclic) bond motifs is 18. The van der Waals surface area contributed by atoms with Crippen LogP contribution >= 0.6 is 0 Å². The lowest BCUT2D eigenvalue weighted by molar-refractivity contribution is 0.139. The van der Waals surface area contributed by atoms with Gasteiger partial charge in [0.25, 0.3) is 0 Å². The third-order valence-electron chi connectivity index (χ3n) is 15.3. The van der Waals surface area contributed by atoms with Crippen molar-refractivity contribution in [3.63, 3.8) is 0 Å². The van der Waals surface area contributed by atoms with Crippen LogP contribution in [0.2, 0.25) is 0 Å². The summed E-state index contributed by atoms with van der Waals surface area (Å²) in [7, 11) is 0. The van der Waals surface area contributed by atoms with Gasteiger partial charge in [-0.15, -0.1) is 0 Å². The van der Waals surface area contributed by atoms with E-state index >= 15 is 0 Å². The molecule has 2 aliphatic heterocycles. The molecule has 64 heavy (non-hydrogen) atoms. The predicted molar refractivity (Wildman–Crippen MR) is 264 cm³/mol. The molecule has 0 radical (unpaired) electrons. The minimum absolute atomic E-state index is 0.0353. The summed E-state index contributed by atoms with van der Waals surface area (Å²) < 4.78 is 7.13. The van der Waals surface area contributed by atoms with Gasteiger partial charge in [-0.25, -0.2) is 0 Å². The molecular formula is C62H43NO. The largest absolute Gasteiger partial charge is 0.485 e. The van der Waals surface area contributed by atoms with Gasteiger partial charge >= 0.3 is 0 Å². The molecule has 8 aromatic rings. The number of aliphatic imine (C=N–C) groups is 1. The second-order valence-electron chi connectivity index (χ2n) is 18.3. The highest BCUT2D eigenvalue weighted by Gasteiger charge is 2.57. The van der Waals surface area contributed by atoms with E-state index in [1.54, 1.807) is 0 Å². The van der Waals surface area contributed by atoms with Crippen molar-refractivity contribution in [2.75, 3.05) is 0 Å². The van der Waals surface area contributed by atoms with Gasteiger partial charge in [0.1, 0.15) is 11.9 Å². The summed E-state index contributed by atoms with van der Waals surface area (Å²) in [6, 6.07) is 62.6. The van der Waals surface area contributed by atoms with E-state index in [0.29, 0.717) is 0 Å². The summed E-state index contributed by atoms with van der Waals surface area (Å²) in [5.74, 6) is 1.13. The molecule has 1 spiro atoms. The van der Waals surface area contributed by atoms with Crippen LogP contribution in [0.25, 0.3) is 49.0 Å². The smallest absolute Gasteiger partial charge is 0.126 e. The number of para-hydroxylation sites is 1. The van der Waals surface area contributed by atoms with Crippen molar-refractivity contribution in [2.45, 2.75) is 30.8 Å². The Balaban J connectivity index is 0.881. The van der Waals surface area contributed by atoms with Crippen LogP contribution in [0.3, 0.4) is 0 Å². The van der Waals surface area contributed by atoms with Gasteiger partial charge in [-0.3, -0.25) is 4.99 Å². The first-order valence-corrected chi connectivity index (χ1v) is 22.9. The van der Waals surface area contributed by atoms with E-state index in [1.165, 1.54) is 93.6 Å². The van der Waals surface area contributed by atoms with Gasteiger partial charge < -0.3 is 4.74 Å². The van der Waals surface area contributed by atoms with Crippen LogP contribution in [0.5, 0.6) is 5.75 Å². The molecular weight excluding hydrogens is 775 g/mol. The van der Waals surface area contributed by atoms with Crippen LogP contribution in [-0.4, -0.2) is 11.8 Å². The van der Waals surface area contributed by atoms with Crippen LogP contribution in [-0.2, 0) is 5.41 Å². The molecule has 2 nitrogen and oxygen atoms in total. The monoisotopic (exact) mass is 817 g/mol. The zero-order valence-electron chi connectivity index (χ0n) is 35.3. The molecule has 302 valence electrons. The van der Waals surface area contributed by atoms with Crippen molar-refractivity contribution in [2.24, 2.45) is 16.8 Å². The Labute approximate surface area is 373 Å². The van der Waals surface area contributed by atoms with Crippen molar-refractivity contribution >= 4 is 43.6 Å². The van der Waals surface area contributed by atoms with Gasteiger partial charge in [0.2, 0.25) is 0 Å². The second-order valence-corrected chi connectivity index (χ2v) is 18.3. The molecule has 0 N–H and O–H groups in total. The number of benzene rings is 8. The van der Waals surface area contributed by atoms with E-state index in [4.69, 9.17) is 9.73 Å². The lowest BCUT2D eigenvalue weighted by atomic mass is 9.58. The predicted octanol–water partition coefficient (Wildman–Crippen LogP) is 14.8. The molecule has 4 aliphatic carbocycles. The van der Waals surface area contributed by atoms with Crippen molar-refractivity contribution in [1.29, 1.82) is 0 Å². The van der Waals surface area contributed by atoms with E-state index in [9.17, 15) is 0 Å². The summed E-state index contributed by atoms with van der Waals surface area (Å²) in [6.07, 6.45) is 17.3. The van der Waals surface area contributed by atoms with E-state index in [1.807, 2.05) is 0 Å². The Bertz CT molecular complexity index is 3490. The van der Waals surface area contributed by atoms with E-state index in [0.717, 1.165) is 42.0 Å². The normalized spacial score (nSPS) is 21.1. The fourth-order valence-corrected chi connectivity index (χ4v) is 12.5. The standard InChI is InChI=1S/C62H43NO/c1-2-14-40(15-3-1)61-53-37-60-57(62(56-24-12-13-25-59(56)64-60)54-22-10-8-20-48(54)49-21-9-11-23-55(49)62)36-51(53)52-35-42(31-33-58(52)63-61)39-28-26-38(27-29-39)41-30-32-47-45-18-5-4-16-43(45)44-17-6-7-19-46(44)50(47)34-41/h1-26,28,30-34,36-37,52,57,60H,27,29,35H2. The molecule has 0 bridgehead atoms. The van der Waals surface area contributed by atoms with Crippen molar-refractivity contribution in [1.82, 2.24) is 0 Å². The van der Waals surface area contributed by atoms with Gasteiger partial charge in [0.15, 0.2) is 0 Å². The Morgan fingerprint density at radius 2 is 1.05 bits per heavy atom. The topological polar surface area (TPSA) is 21.6 Å². The molecule has 2 heteroatoms. The molecule has 0 amide bonds. The molecule has 8 aromatic carbocycles. The minimum Gasteiger partial charge on any atom is -0.485 e. The fourth-order valence-electron chi connectivity index (χ4n) is 12.5. The molecule has 3 atom stereocenters. The summed E-state index contributed by atoms with van der Waals surface area (Å²) in [5, 5.41) is 7.92. The maximum atomic E-state index is 7.13. The SMILES string of the molecule is C1=C(C2=CC=C3N=C(c4ccccc4)C4=CC5Oc6ccccc6C6(c7ccccc7-c7ccccc76)C5C=C4C3C2)CCC(c2ccc3c4ccccc4c4ccccc4c3c2)=C1. The minimum atomic E-state index is -0.407. The molecule has 0 saturated carbocycles. The van der Waals surface area contributed by atoms with Crippen molar-refractivity contribution in [3.05, 3.63) is 262 Å². The number of ether oxygens (including phenoxy) is 1. The molecule has 0 aromatic heterocycles. The Morgan fingerprint density at radius 3 is 1.75 bits per heavy atom. The number of hydrogen-bond donors (Lipinski definition) is 0. The first-order valence-electron chi connectivity index (χ1n) is 22.9. The van der Waals surface area contributed by atoms with Crippen LogP contribution in [0.15, 0.2) is 239 Å². The Kier molecular flexibility index (Phi) is 7.72. The van der Waals surface area contributed by atoms with Gasteiger partial charge in [-0.2, -0.15) is 0 Å². The van der Waals surface area contributed by atoms with E-state index < -0.39 is 5.41 Å². The molecule has 6 aliphatic rings. The fraction of sp³-hybridized carbons (Fsp3) is 0.113. The van der Waals surface area contributed by atoms with Crippen LogP contribution in [0.4, 0.5) is 0 Å². The lowest BCUT2D eigenvalue weighted by Crippen LogP contribution is -2.49. The zero-order valence-corrected chi connectivity index (χ0v) is 35.3. The van der Waals surface area contributed by atoms with Gasteiger partial charge in [-0.05, 0) is 126 Å². The average Bonchev–Trinajstić information content (AvgIpc) is 3.66. The highest BCUT2D eigenvalue weighted by molar-refractivity contribution is 6.25. The number of allylic oxidation sites excluding steroid dienone is 9. The Morgan fingerprint density at radius 1 is 0.469 bits per heavy atom. The van der Waals surface area contributed by atoms with E-state index in [-0.39, 0.29) is 17.9 Å². The van der Waals surface area contributed by atoms with E-state index in [2.05, 4.69) is 206 Å². The molecule has 2 heterocycles. The van der Waals surface area contributed by atoms with Gasteiger partial charge in [-0.1, -0.05) is 182 Å². The first-order chi connectivity index (χ1) is 31.7. The number of nitrogens with zero attached hydrogens (tertiary/aromatic N) is 1. The van der Waals surface area contributed by atoms with Crippen LogP contribution in [0, 0.1) is 11.8 Å². The van der Waals surface area contributed by atoms with Gasteiger partial charge in [0.05, 0.1) is 11.1 Å². The highest BCUT2D eigenvalue weighted by atomic mass is 16.5. The zero-order chi connectivity index (χ0) is 41.9. The average molecular weight is 818 g/mol. The first kappa shape index (κ1) is 36.0. The molecule has 3 unspecified atom stereocenters. The quantitative estimate of drug-likeness (QED) is 0.163. The maximum absolute atomic E-state index is 7.13. The van der Waals surface area contributed by atoms with Crippen LogP contribution in [0.1, 0.15) is 47.1 Å².